The van der Waals surface area contributed by atoms with E-state index in [1.54, 1.807) is 0 Å². The van der Waals surface area contributed by atoms with Crippen LogP contribution in [-0.2, 0) is 28.6 Å². The number of rotatable bonds is 9. The maximum Gasteiger partial charge on any atom is 0.338 e. The largest absolute Gasteiger partial charge is 0.461 e. The number of amides is 2. The van der Waals surface area contributed by atoms with Crippen molar-refractivity contribution in [1.29, 1.82) is 0 Å². The van der Waals surface area contributed by atoms with E-state index in [0.717, 1.165) is 38.5 Å². The highest BCUT2D eigenvalue weighted by Gasteiger charge is 2.49. The van der Waals surface area contributed by atoms with Crippen molar-refractivity contribution < 1.29 is 28.6 Å². The molecule has 8 heteroatoms. The second kappa shape index (κ2) is 8.84. The Balaban J connectivity index is 1.45. The topological polar surface area (TPSA) is 94.2 Å². The highest BCUT2D eigenvalue weighted by Crippen LogP contribution is 2.41. The lowest BCUT2D eigenvalue weighted by molar-refractivity contribution is -0.206. The van der Waals surface area contributed by atoms with Gasteiger partial charge in [0.05, 0.1) is 12.2 Å². The first-order chi connectivity index (χ1) is 13.1. The van der Waals surface area contributed by atoms with Crippen LogP contribution in [0.1, 0.15) is 51.4 Å². The molecule has 8 nitrogen and oxygen atoms in total. The molecule has 0 aromatic heterocycles. The van der Waals surface area contributed by atoms with E-state index < -0.39 is 11.8 Å². The van der Waals surface area contributed by atoms with Gasteiger partial charge in [-0.1, -0.05) is 0 Å². The van der Waals surface area contributed by atoms with Crippen molar-refractivity contribution in [1.82, 2.24) is 10.2 Å². The molecule has 1 aliphatic heterocycles. The lowest BCUT2D eigenvalue weighted by atomic mass is 9.79. The predicted molar refractivity (Wildman–Crippen MR) is 95.3 cm³/mol. The third-order valence-electron chi connectivity index (χ3n) is 5.56. The van der Waals surface area contributed by atoms with Gasteiger partial charge in [-0.05, 0) is 51.4 Å². The van der Waals surface area contributed by atoms with Crippen LogP contribution in [0.5, 0.6) is 0 Å². The molecular formula is C19H28N2O6. The maximum atomic E-state index is 12.5. The molecule has 2 unspecified atom stereocenters. The van der Waals surface area contributed by atoms with Crippen LogP contribution < -0.4 is 5.32 Å². The minimum atomic E-state index is -0.756. The van der Waals surface area contributed by atoms with Crippen LogP contribution in [0.3, 0.4) is 0 Å². The standard InChI is InChI=1S/C19H28N2O6/c1-20-16(23)8-11-21(13-22)17-7-6-15(26-17)12-25-18(24)19(9-3-10-19)27-14-4-2-5-14/h8,11,13-15,17H,2-7,9-10,12H2,1H3,(H,20,23)/b11-8-. The summed E-state index contributed by atoms with van der Waals surface area (Å²) in [5.74, 6) is -0.595. The Morgan fingerprint density at radius 3 is 2.56 bits per heavy atom. The molecule has 0 aromatic rings. The Bertz CT molecular complexity index is 585. The lowest BCUT2D eigenvalue weighted by Crippen LogP contribution is -2.52. The van der Waals surface area contributed by atoms with Gasteiger partial charge in [0.2, 0.25) is 12.3 Å². The smallest absolute Gasteiger partial charge is 0.338 e. The van der Waals surface area contributed by atoms with Crippen molar-refractivity contribution in [2.45, 2.75) is 75.4 Å². The molecule has 1 heterocycles. The minimum absolute atomic E-state index is 0.150. The summed E-state index contributed by atoms with van der Waals surface area (Å²) in [5, 5.41) is 2.44. The molecule has 2 aliphatic carbocycles. The van der Waals surface area contributed by atoms with E-state index in [0.29, 0.717) is 19.3 Å². The van der Waals surface area contributed by atoms with Crippen molar-refractivity contribution in [2.24, 2.45) is 0 Å². The molecule has 2 atom stereocenters. The Hall–Kier alpha value is -1.93. The van der Waals surface area contributed by atoms with E-state index in [4.69, 9.17) is 14.2 Å². The number of carbonyl (C=O) groups excluding carboxylic acids is 3. The van der Waals surface area contributed by atoms with E-state index >= 15 is 0 Å². The average molecular weight is 380 g/mol. The van der Waals surface area contributed by atoms with Crippen molar-refractivity contribution in [3.63, 3.8) is 0 Å². The van der Waals surface area contributed by atoms with Crippen molar-refractivity contribution >= 4 is 18.3 Å². The summed E-state index contributed by atoms with van der Waals surface area (Å²) in [7, 11) is 1.51. The summed E-state index contributed by atoms with van der Waals surface area (Å²) in [5.41, 5.74) is -0.756. The van der Waals surface area contributed by atoms with Gasteiger partial charge in [-0.15, -0.1) is 0 Å². The number of nitrogens with one attached hydrogen (secondary N) is 1. The third kappa shape index (κ3) is 4.68. The molecule has 150 valence electrons. The third-order valence-corrected chi connectivity index (χ3v) is 5.56. The quantitative estimate of drug-likeness (QED) is 0.367. The number of likely N-dealkylation sites (N-methyl/N-ethyl adjacent to an activating group) is 1. The zero-order valence-electron chi connectivity index (χ0n) is 15.7. The van der Waals surface area contributed by atoms with Crippen molar-refractivity contribution in [3.05, 3.63) is 12.3 Å². The number of hydrogen-bond donors (Lipinski definition) is 1. The lowest BCUT2D eigenvalue weighted by Gasteiger charge is -2.43. The highest BCUT2D eigenvalue weighted by molar-refractivity contribution is 5.87. The van der Waals surface area contributed by atoms with Crippen LogP contribution in [0.2, 0.25) is 0 Å². The number of nitrogens with zero attached hydrogens (tertiary/aromatic N) is 1. The number of esters is 1. The van der Waals surface area contributed by atoms with Gasteiger partial charge in [-0.25, -0.2) is 4.79 Å². The van der Waals surface area contributed by atoms with Crippen LogP contribution in [0.25, 0.3) is 0 Å². The zero-order valence-corrected chi connectivity index (χ0v) is 15.7. The molecule has 0 aromatic carbocycles. The van der Waals surface area contributed by atoms with Gasteiger partial charge in [-0.3, -0.25) is 14.5 Å². The molecule has 2 amide bonds. The maximum absolute atomic E-state index is 12.5. The van der Waals surface area contributed by atoms with Crippen molar-refractivity contribution in [3.8, 4) is 0 Å². The van der Waals surface area contributed by atoms with Crippen LogP contribution in [0.15, 0.2) is 12.3 Å². The van der Waals surface area contributed by atoms with Crippen LogP contribution in [-0.4, -0.2) is 60.9 Å². The van der Waals surface area contributed by atoms with Crippen LogP contribution >= 0.6 is 0 Å². The Morgan fingerprint density at radius 1 is 1.22 bits per heavy atom. The molecule has 2 saturated carbocycles. The van der Waals surface area contributed by atoms with Gasteiger partial charge in [0.25, 0.3) is 0 Å². The molecule has 0 bridgehead atoms. The number of hydrogen-bond acceptors (Lipinski definition) is 6. The first-order valence-electron chi connectivity index (χ1n) is 9.69. The van der Waals surface area contributed by atoms with E-state index in [9.17, 15) is 14.4 Å². The fraction of sp³-hybridized carbons (Fsp3) is 0.737. The monoisotopic (exact) mass is 380 g/mol. The molecule has 3 rings (SSSR count). The van der Waals surface area contributed by atoms with E-state index in [2.05, 4.69) is 5.32 Å². The molecule has 1 N–H and O–H groups in total. The summed E-state index contributed by atoms with van der Waals surface area (Å²) < 4.78 is 17.3. The normalized spacial score (nSPS) is 26.9. The first-order valence-corrected chi connectivity index (χ1v) is 9.69. The molecule has 0 radical (unpaired) electrons. The first kappa shape index (κ1) is 19.8. The highest BCUT2D eigenvalue weighted by atomic mass is 16.6. The summed E-state index contributed by atoms with van der Waals surface area (Å²) in [6.45, 7) is 0.150. The van der Waals surface area contributed by atoms with Crippen molar-refractivity contribution in [2.75, 3.05) is 13.7 Å². The molecule has 3 fully saturated rings. The van der Waals surface area contributed by atoms with Gasteiger partial charge >= 0.3 is 5.97 Å². The predicted octanol–water partition coefficient (Wildman–Crippen LogP) is 1.24. The van der Waals surface area contributed by atoms with E-state index in [-0.39, 0.29) is 30.7 Å². The van der Waals surface area contributed by atoms with Crippen LogP contribution in [0.4, 0.5) is 0 Å². The second-order valence-electron chi connectivity index (χ2n) is 7.39. The van der Waals surface area contributed by atoms with Gasteiger partial charge in [0, 0.05) is 19.3 Å². The molecular weight excluding hydrogens is 352 g/mol. The van der Waals surface area contributed by atoms with E-state index in [1.165, 1.54) is 24.2 Å². The molecule has 27 heavy (non-hydrogen) atoms. The number of ether oxygens (including phenoxy) is 3. The second-order valence-corrected chi connectivity index (χ2v) is 7.39. The Labute approximate surface area is 159 Å². The fourth-order valence-electron chi connectivity index (χ4n) is 3.44. The van der Waals surface area contributed by atoms with Gasteiger partial charge in [0.15, 0.2) is 5.60 Å². The fourth-order valence-corrected chi connectivity index (χ4v) is 3.44. The zero-order chi connectivity index (χ0) is 19.3. The molecule has 3 aliphatic rings. The summed E-state index contributed by atoms with van der Waals surface area (Å²) in [6, 6.07) is 0. The molecule has 0 spiro atoms. The summed E-state index contributed by atoms with van der Waals surface area (Å²) in [4.78, 5) is 36.4. The summed E-state index contributed by atoms with van der Waals surface area (Å²) >= 11 is 0. The molecule has 1 saturated heterocycles. The van der Waals surface area contributed by atoms with Gasteiger partial charge < -0.3 is 19.5 Å². The van der Waals surface area contributed by atoms with Gasteiger partial charge in [0.1, 0.15) is 12.8 Å². The van der Waals surface area contributed by atoms with Gasteiger partial charge in [-0.2, -0.15) is 0 Å². The average Bonchev–Trinajstić information content (AvgIpc) is 3.06. The van der Waals surface area contributed by atoms with E-state index in [1.807, 2.05) is 0 Å². The Kier molecular flexibility index (Phi) is 6.49. The Morgan fingerprint density at radius 2 is 2.00 bits per heavy atom. The SMILES string of the molecule is CNC(=O)/C=C\N(C=O)C1CCC(COC(=O)C2(OC3CCC3)CCC2)O1. The summed E-state index contributed by atoms with van der Waals surface area (Å²) in [6.07, 6.45) is 9.66. The number of carbonyl (C=O) groups is 3. The van der Waals surface area contributed by atoms with Crippen LogP contribution in [0, 0.1) is 0 Å². The minimum Gasteiger partial charge on any atom is -0.461 e.